The Labute approximate surface area is 94.5 Å². The molecule has 15 heavy (non-hydrogen) atoms. The van der Waals surface area contributed by atoms with Gasteiger partial charge >= 0.3 is 0 Å². The van der Waals surface area contributed by atoms with Crippen LogP contribution in [0.2, 0.25) is 0 Å². The van der Waals surface area contributed by atoms with Gasteiger partial charge < -0.3 is 14.4 Å². The number of likely N-dealkylation sites (tertiary alicyclic amines) is 1. The molecule has 0 aromatic rings. The van der Waals surface area contributed by atoms with E-state index in [4.69, 9.17) is 21.1 Å². The predicted octanol–water partition coefficient (Wildman–Crippen LogP) is 0.837. The van der Waals surface area contributed by atoms with E-state index >= 15 is 0 Å². The van der Waals surface area contributed by atoms with Gasteiger partial charge in [0, 0.05) is 13.1 Å². The lowest BCUT2D eigenvalue weighted by Crippen LogP contribution is -2.66. The van der Waals surface area contributed by atoms with Gasteiger partial charge in [0.25, 0.3) is 0 Å². The van der Waals surface area contributed by atoms with Crippen molar-refractivity contribution in [3.05, 3.63) is 0 Å². The molecule has 0 aliphatic carbocycles. The number of carbonyl (C=O) groups excluding carboxylic acids is 1. The molecule has 0 atom stereocenters. The fourth-order valence-corrected chi connectivity index (χ4v) is 2.11. The molecule has 2 rings (SSSR count). The van der Waals surface area contributed by atoms with Gasteiger partial charge in [-0.25, -0.2) is 0 Å². The van der Waals surface area contributed by atoms with Crippen molar-refractivity contribution in [2.75, 3.05) is 32.2 Å². The third-order valence-corrected chi connectivity index (χ3v) is 3.20. The number of alkyl halides is 1. The van der Waals surface area contributed by atoms with Crippen LogP contribution in [0.4, 0.5) is 0 Å². The Morgan fingerprint density at radius 3 is 2.33 bits per heavy atom. The first-order chi connectivity index (χ1) is 6.96. The highest BCUT2D eigenvalue weighted by Gasteiger charge is 2.49. The van der Waals surface area contributed by atoms with Gasteiger partial charge in [0.15, 0.2) is 5.79 Å². The highest BCUT2D eigenvalue weighted by atomic mass is 35.5. The molecule has 2 aliphatic rings. The average Bonchev–Trinajstić information content (AvgIpc) is 2.14. The largest absolute Gasteiger partial charge is 0.350 e. The third kappa shape index (κ3) is 2.12. The molecule has 2 aliphatic heterocycles. The van der Waals surface area contributed by atoms with Crippen LogP contribution in [0.15, 0.2) is 0 Å². The first-order valence-electron chi connectivity index (χ1n) is 5.08. The molecule has 2 fully saturated rings. The molecule has 1 spiro atoms. The Balaban J connectivity index is 1.86. The van der Waals surface area contributed by atoms with E-state index in [1.165, 1.54) is 0 Å². The molecule has 0 radical (unpaired) electrons. The lowest BCUT2D eigenvalue weighted by Gasteiger charge is -2.53. The number of hydrogen-bond acceptors (Lipinski definition) is 3. The molecule has 1 amide bonds. The standard InChI is InChI=1S/C10H16ClNO3/c1-9(2)14-6-10(7-15-9)4-12(5-10)8(13)3-11/h3-7H2,1-2H3. The summed E-state index contributed by atoms with van der Waals surface area (Å²) in [5, 5.41) is 0. The number of hydrogen-bond donors (Lipinski definition) is 0. The summed E-state index contributed by atoms with van der Waals surface area (Å²) >= 11 is 5.48. The van der Waals surface area contributed by atoms with E-state index < -0.39 is 5.79 Å². The monoisotopic (exact) mass is 233 g/mol. The number of carbonyl (C=O) groups is 1. The Hall–Kier alpha value is -0.320. The zero-order valence-corrected chi connectivity index (χ0v) is 9.84. The highest BCUT2D eigenvalue weighted by molar-refractivity contribution is 6.27. The summed E-state index contributed by atoms with van der Waals surface area (Å²) in [6, 6.07) is 0. The van der Waals surface area contributed by atoms with Crippen molar-refractivity contribution in [3.8, 4) is 0 Å². The van der Waals surface area contributed by atoms with Gasteiger partial charge in [-0.1, -0.05) is 0 Å². The minimum Gasteiger partial charge on any atom is -0.350 e. The van der Waals surface area contributed by atoms with Crippen LogP contribution >= 0.6 is 11.6 Å². The molecule has 0 N–H and O–H groups in total. The van der Waals surface area contributed by atoms with E-state index in [0.717, 1.165) is 0 Å². The molecule has 0 bridgehead atoms. The number of nitrogens with zero attached hydrogens (tertiary/aromatic N) is 1. The molecule has 4 nitrogen and oxygen atoms in total. The number of rotatable bonds is 1. The van der Waals surface area contributed by atoms with E-state index in [0.29, 0.717) is 26.3 Å². The maximum atomic E-state index is 11.3. The Kier molecular flexibility index (Phi) is 2.69. The second-order valence-electron chi connectivity index (χ2n) is 4.86. The first-order valence-corrected chi connectivity index (χ1v) is 5.62. The van der Waals surface area contributed by atoms with E-state index in [2.05, 4.69) is 0 Å². The first kappa shape index (κ1) is 11.2. The fourth-order valence-electron chi connectivity index (χ4n) is 1.94. The van der Waals surface area contributed by atoms with E-state index in [9.17, 15) is 4.79 Å². The summed E-state index contributed by atoms with van der Waals surface area (Å²) in [5.74, 6) is -0.432. The van der Waals surface area contributed by atoms with Gasteiger partial charge in [-0.3, -0.25) is 4.79 Å². The van der Waals surface area contributed by atoms with Gasteiger partial charge in [-0.15, -0.1) is 11.6 Å². The van der Waals surface area contributed by atoms with E-state index in [1.807, 2.05) is 13.8 Å². The molecule has 2 saturated heterocycles. The molecular formula is C10H16ClNO3. The molecule has 0 aromatic carbocycles. The molecule has 5 heteroatoms. The quantitative estimate of drug-likeness (QED) is 0.630. The van der Waals surface area contributed by atoms with Crippen LogP contribution in [0.1, 0.15) is 13.8 Å². The van der Waals surface area contributed by atoms with Crippen LogP contribution in [0.25, 0.3) is 0 Å². The van der Waals surface area contributed by atoms with Crippen LogP contribution in [0, 0.1) is 5.41 Å². The molecule has 2 heterocycles. The smallest absolute Gasteiger partial charge is 0.237 e. The van der Waals surface area contributed by atoms with Crippen molar-refractivity contribution in [1.29, 1.82) is 0 Å². The van der Waals surface area contributed by atoms with Crippen molar-refractivity contribution in [1.82, 2.24) is 4.90 Å². The second-order valence-corrected chi connectivity index (χ2v) is 5.13. The summed E-state index contributed by atoms with van der Waals surface area (Å²) in [7, 11) is 0. The van der Waals surface area contributed by atoms with Gasteiger partial charge in [0.2, 0.25) is 5.91 Å². The molecule has 0 aromatic heterocycles. The van der Waals surface area contributed by atoms with Crippen molar-refractivity contribution in [3.63, 3.8) is 0 Å². The summed E-state index contributed by atoms with van der Waals surface area (Å²) in [4.78, 5) is 13.0. The summed E-state index contributed by atoms with van der Waals surface area (Å²) in [6.07, 6.45) is 0. The van der Waals surface area contributed by atoms with Crippen molar-refractivity contribution >= 4 is 17.5 Å². The number of amides is 1. The minimum absolute atomic E-state index is 0.00729. The summed E-state index contributed by atoms with van der Waals surface area (Å²) in [5.41, 5.74) is 0.0111. The minimum atomic E-state index is -0.484. The van der Waals surface area contributed by atoms with Crippen LogP contribution in [-0.4, -0.2) is 48.8 Å². The van der Waals surface area contributed by atoms with E-state index in [-0.39, 0.29) is 17.2 Å². The second kappa shape index (κ2) is 3.61. The lowest BCUT2D eigenvalue weighted by atomic mass is 9.80. The predicted molar refractivity (Wildman–Crippen MR) is 55.7 cm³/mol. The average molecular weight is 234 g/mol. The Morgan fingerprint density at radius 1 is 1.33 bits per heavy atom. The van der Waals surface area contributed by atoms with Crippen molar-refractivity contribution in [2.24, 2.45) is 5.41 Å². The summed E-state index contributed by atoms with van der Waals surface area (Å²) in [6.45, 7) is 6.53. The number of ether oxygens (including phenoxy) is 2. The van der Waals surface area contributed by atoms with Crippen LogP contribution in [0.5, 0.6) is 0 Å². The van der Waals surface area contributed by atoms with Gasteiger partial charge in [0.1, 0.15) is 5.88 Å². The molecule has 0 unspecified atom stereocenters. The topological polar surface area (TPSA) is 38.8 Å². The van der Waals surface area contributed by atoms with Crippen LogP contribution < -0.4 is 0 Å². The number of halogens is 1. The van der Waals surface area contributed by atoms with Gasteiger partial charge in [-0.05, 0) is 13.8 Å². The van der Waals surface area contributed by atoms with Gasteiger partial charge in [-0.2, -0.15) is 0 Å². The van der Waals surface area contributed by atoms with Crippen LogP contribution in [-0.2, 0) is 14.3 Å². The fraction of sp³-hybridized carbons (Fsp3) is 0.900. The van der Waals surface area contributed by atoms with Crippen molar-refractivity contribution < 1.29 is 14.3 Å². The Morgan fingerprint density at radius 2 is 1.87 bits per heavy atom. The zero-order chi connectivity index (χ0) is 11.1. The van der Waals surface area contributed by atoms with Gasteiger partial charge in [0.05, 0.1) is 18.6 Å². The molecule has 86 valence electrons. The SMILES string of the molecule is CC1(C)OCC2(CO1)CN(C(=O)CCl)C2. The normalized spacial score (nSPS) is 27.5. The van der Waals surface area contributed by atoms with E-state index in [1.54, 1.807) is 4.90 Å². The lowest BCUT2D eigenvalue weighted by molar-refractivity contribution is -0.302. The maximum Gasteiger partial charge on any atom is 0.237 e. The Bertz CT molecular complexity index is 262. The molecule has 0 saturated carbocycles. The zero-order valence-electron chi connectivity index (χ0n) is 9.09. The highest BCUT2D eigenvalue weighted by Crippen LogP contribution is 2.37. The third-order valence-electron chi connectivity index (χ3n) is 2.97. The van der Waals surface area contributed by atoms with Crippen LogP contribution in [0.3, 0.4) is 0 Å². The maximum absolute atomic E-state index is 11.3. The summed E-state index contributed by atoms with van der Waals surface area (Å²) < 4.78 is 11.2. The van der Waals surface area contributed by atoms with Crippen molar-refractivity contribution in [2.45, 2.75) is 19.6 Å². The molecular weight excluding hydrogens is 218 g/mol.